The second-order valence-electron chi connectivity index (χ2n) is 5.55. The normalized spacial score (nSPS) is 11.1. The first kappa shape index (κ1) is 21.1. The number of carbonyl (C=O) groups excluding carboxylic acids is 1. The fourth-order valence-electron chi connectivity index (χ4n) is 2.16. The number of carbonyl (C=O) groups is 1. The van der Waals surface area contributed by atoms with E-state index >= 15 is 0 Å². The number of halogens is 3. The van der Waals surface area contributed by atoms with E-state index in [0.717, 1.165) is 17.9 Å². The van der Waals surface area contributed by atoms with Crippen LogP contribution in [0.25, 0.3) is 0 Å². The van der Waals surface area contributed by atoms with Crippen molar-refractivity contribution in [3.63, 3.8) is 0 Å². The number of aliphatic imine (C=N–C) groups is 1. The molecule has 0 heterocycles. The number of guanidine groups is 1. The average Bonchev–Trinajstić information content (AvgIpc) is 2.70. The number of anilines is 1. The number of amides is 1. The van der Waals surface area contributed by atoms with Crippen LogP contribution in [-0.2, 0) is 4.79 Å². The molecule has 0 fully saturated rings. The highest BCUT2D eigenvalue weighted by atomic mass is 19.2. The van der Waals surface area contributed by atoms with E-state index in [2.05, 4.69) is 20.9 Å². The quantitative estimate of drug-likeness (QED) is 0.279. The monoisotopic (exact) mass is 394 g/mol. The van der Waals surface area contributed by atoms with E-state index in [-0.39, 0.29) is 6.54 Å². The summed E-state index contributed by atoms with van der Waals surface area (Å²) in [6, 6.07) is 11.0. The van der Waals surface area contributed by atoms with Crippen LogP contribution in [0.4, 0.5) is 18.9 Å². The maximum Gasteiger partial charge on any atom is 0.246 e. The lowest BCUT2D eigenvalue weighted by atomic mass is 10.3. The van der Waals surface area contributed by atoms with Crippen LogP contribution in [0.3, 0.4) is 0 Å². The van der Waals surface area contributed by atoms with Crippen LogP contribution in [0.15, 0.2) is 47.5 Å². The maximum atomic E-state index is 13.6. The first-order valence-electron chi connectivity index (χ1n) is 8.64. The van der Waals surface area contributed by atoms with Gasteiger partial charge in [-0.3, -0.25) is 4.79 Å². The van der Waals surface area contributed by atoms with Gasteiger partial charge in [-0.25, -0.2) is 18.2 Å². The predicted octanol–water partition coefficient (Wildman–Crippen LogP) is 2.68. The van der Waals surface area contributed by atoms with Crippen molar-refractivity contribution in [2.45, 2.75) is 6.92 Å². The van der Waals surface area contributed by atoms with E-state index in [9.17, 15) is 18.0 Å². The van der Waals surface area contributed by atoms with Crippen molar-refractivity contribution in [2.75, 3.05) is 31.6 Å². The Balaban J connectivity index is 1.83. The van der Waals surface area contributed by atoms with Gasteiger partial charge < -0.3 is 20.7 Å². The minimum atomic E-state index is -1.64. The Kier molecular flexibility index (Phi) is 8.13. The van der Waals surface area contributed by atoms with E-state index in [1.54, 1.807) is 0 Å². The minimum Gasteiger partial charge on any atom is -0.492 e. The molecule has 0 aliphatic heterocycles. The van der Waals surface area contributed by atoms with Crippen molar-refractivity contribution in [2.24, 2.45) is 4.99 Å². The molecule has 0 aliphatic rings. The van der Waals surface area contributed by atoms with Crippen molar-refractivity contribution in [3.8, 4) is 5.75 Å². The van der Waals surface area contributed by atoms with Crippen molar-refractivity contribution in [1.82, 2.24) is 10.6 Å². The van der Waals surface area contributed by atoms with Crippen LogP contribution in [0, 0.1) is 17.5 Å². The zero-order valence-corrected chi connectivity index (χ0v) is 15.3. The summed E-state index contributed by atoms with van der Waals surface area (Å²) in [5.74, 6) is -4.01. The Morgan fingerprint density at radius 2 is 1.79 bits per heavy atom. The first-order valence-corrected chi connectivity index (χ1v) is 8.64. The Labute approximate surface area is 160 Å². The topological polar surface area (TPSA) is 74.8 Å². The SMILES string of the molecule is CCNC(=NCC(=O)Nc1ccc(F)c(F)c1F)NCCOc1ccccc1. The van der Waals surface area contributed by atoms with Gasteiger partial charge in [0.2, 0.25) is 5.91 Å². The smallest absolute Gasteiger partial charge is 0.246 e. The van der Waals surface area contributed by atoms with E-state index in [1.807, 2.05) is 37.3 Å². The zero-order chi connectivity index (χ0) is 20.4. The fraction of sp³-hybridized carbons (Fsp3) is 0.263. The second kappa shape index (κ2) is 10.8. The molecular weight excluding hydrogens is 373 g/mol. The molecule has 28 heavy (non-hydrogen) atoms. The third-order valence-corrected chi connectivity index (χ3v) is 3.44. The molecule has 3 N–H and O–H groups in total. The summed E-state index contributed by atoms with van der Waals surface area (Å²) in [6.45, 7) is 2.88. The molecule has 2 aromatic carbocycles. The number of benzene rings is 2. The number of para-hydroxylation sites is 1. The molecule has 0 radical (unpaired) electrons. The zero-order valence-electron chi connectivity index (χ0n) is 15.3. The summed E-state index contributed by atoms with van der Waals surface area (Å²) in [5, 5.41) is 8.09. The molecular formula is C19H21F3N4O2. The minimum absolute atomic E-state index is 0.340. The van der Waals surface area contributed by atoms with Crippen molar-refractivity contribution in [3.05, 3.63) is 59.9 Å². The van der Waals surface area contributed by atoms with Crippen molar-refractivity contribution in [1.29, 1.82) is 0 Å². The van der Waals surface area contributed by atoms with Gasteiger partial charge in [0.25, 0.3) is 0 Å². The number of ether oxygens (including phenoxy) is 1. The number of hydrogen-bond acceptors (Lipinski definition) is 3. The molecule has 1 amide bonds. The number of nitrogens with zero attached hydrogens (tertiary/aromatic N) is 1. The van der Waals surface area contributed by atoms with Gasteiger partial charge in [-0.05, 0) is 31.2 Å². The van der Waals surface area contributed by atoms with Gasteiger partial charge in [0.1, 0.15) is 18.9 Å². The Hall–Kier alpha value is -3.23. The average molecular weight is 394 g/mol. The highest BCUT2D eigenvalue weighted by Crippen LogP contribution is 2.19. The van der Waals surface area contributed by atoms with Crippen LogP contribution in [0.1, 0.15) is 6.92 Å². The predicted molar refractivity (Wildman–Crippen MR) is 101 cm³/mol. The largest absolute Gasteiger partial charge is 0.492 e. The van der Waals surface area contributed by atoms with Crippen molar-refractivity contribution < 1.29 is 22.7 Å². The molecule has 0 unspecified atom stereocenters. The molecule has 0 aliphatic carbocycles. The maximum absolute atomic E-state index is 13.6. The molecule has 0 saturated carbocycles. The highest BCUT2D eigenvalue weighted by molar-refractivity contribution is 5.94. The van der Waals surface area contributed by atoms with E-state index in [1.165, 1.54) is 0 Å². The summed E-state index contributed by atoms with van der Waals surface area (Å²) in [6.07, 6.45) is 0. The summed E-state index contributed by atoms with van der Waals surface area (Å²) in [5.41, 5.74) is -0.451. The molecule has 2 aromatic rings. The third-order valence-electron chi connectivity index (χ3n) is 3.44. The van der Waals surface area contributed by atoms with E-state index in [4.69, 9.17) is 4.74 Å². The lowest BCUT2D eigenvalue weighted by Crippen LogP contribution is -2.40. The molecule has 9 heteroatoms. The molecule has 0 bridgehead atoms. The first-order chi connectivity index (χ1) is 13.5. The standard InChI is InChI=1S/C19H21F3N4O2/c1-2-23-19(24-10-11-28-13-6-4-3-5-7-13)25-12-16(27)26-15-9-8-14(20)17(21)18(15)22/h3-9H,2,10-12H2,1H3,(H,26,27)(H2,23,24,25). The Morgan fingerprint density at radius 3 is 2.50 bits per heavy atom. The van der Waals surface area contributed by atoms with E-state index < -0.39 is 29.0 Å². The van der Waals surface area contributed by atoms with Crippen LogP contribution >= 0.6 is 0 Å². The lowest BCUT2D eigenvalue weighted by Gasteiger charge is -2.12. The van der Waals surface area contributed by atoms with Crippen molar-refractivity contribution >= 4 is 17.6 Å². The summed E-state index contributed by atoms with van der Waals surface area (Å²) >= 11 is 0. The lowest BCUT2D eigenvalue weighted by molar-refractivity contribution is -0.114. The summed E-state index contributed by atoms with van der Waals surface area (Å²) < 4.78 is 45.2. The van der Waals surface area contributed by atoms with Crippen LogP contribution in [0.5, 0.6) is 5.75 Å². The number of hydrogen-bond donors (Lipinski definition) is 3. The van der Waals surface area contributed by atoms with Gasteiger partial charge in [-0.2, -0.15) is 0 Å². The molecule has 0 atom stereocenters. The summed E-state index contributed by atoms with van der Waals surface area (Å²) in [7, 11) is 0. The van der Waals surface area contributed by atoms with Gasteiger partial charge >= 0.3 is 0 Å². The molecule has 0 spiro atoms. The molecule has 150 valence electrons. The van der Waals surface area contributed by atoms with Gasteiger partial charge in [0.05, 0.1) is 12.2 Å². The third kappa shape index (κ3) is 6.49. The van der Waals surface area contributed by atoms with Crippen LogP contribution < -0.4 is 20.7 Å². The van der Waals surface area contributed by atoms with Crippen LogP contribution in [-0.4, -0.2) is 38.1 Å². The highest BCUT2D eigenvalue weighted by Gasteiger charge is 2.15. The van der Waals surface area contributed by atoms with E-state index in [0.29, 0.717) is 25.7 Å². The Morgan fingerprint density at radius 1 is 1.04 bits per heavy atom. The second-order valence-corrected chi connectivity index (χ2v) is 5.55. The number of nitrogens with one attached hydrogen (secondary N) is 3. The molecule has 0 saturated heterocycles. The fourth-order valence-corrected chi connectivity index (χ4v) is 2.16. The summed E-state index contributed by atoms with van der Waals surface area (Å²) in [4.78, 5) is 16.0. The van der Waals surface area contributed by atoms with Gasteiger partial charge in [0, 0.05) is 6.54 Å². The van der Waals surface area contributed by atoms with Gasteiger partial charge in [-0.15, -0.1) is 0 Å². The molecule has 2 rings (SSSR count). The molecule has 0 aromatic heterocycles. The van der Waals surface area contributed by atoms with Gasteiger partial charge in [-0.1, -0.05) is 18.2 Å². The van der Waals surface area contributed by atoms with Crippen LogP contribution in [0.2, 0.25) is 0 Å². The number of rotatable bonds is 8. The Bertz CT molecular complexity index is 816. The molecule has 6 nitrogen and oxygen atoms in total. The van der Waals surface area contributed by atoms with Gasteiger partial charge in [0.15, 0.2) is 23.4 Å².